The third kappa shape index (κ3) is 2.67. The van der Waals surface area contributed by atoms with Gasteiger partial charge in [0.05, 0.1) is 0 Å². The van der Waals surface area contributed by atoms with Gasteiger partial charge in [-0.15, -0.1) is 0 Å². The van der Waals surface area contributed by atoms with Gasteiger partial charge in [0.25, 0.3) is 0 Å². The Balaban J connectivity index is 0.00000112. The Morgan fingerprint density at radius 3 is 2.73 bits per heavy atom. The van der Waals surface area contributed by atoms with E-state index in [1.54, 1.807) is 24.5 Å². The van der Waals surface area contributed by atoms with Crippen LogP contribution in [-0.2, 0) is 11.1 Å². The second-order valence-electron chi connectivity index (χ2n) is 2.71. The summed E-state index contributed by atoms with van der Waals surface area (Å²) >= 11 is 1.06. The second-order valence-corrected chi connectivity index (χ2v) is 4.47. The Labute approximate surface area is 120 Å². The first-order valence-corrected chi connectivity index (χ1v) is 5.68. The molecule has 1 aromatic carbocycles. The minimum Gasteiger partial charge on any atom is -0.768 e. The van der Waals surface area contributed by atoms with Crippen LogP contribution in [0.1, 0.15) is 0 Å². The van der Waals surface area contributed by atoms with Gasteiger partial charge in [0.15, 0.2) is 0 Å². The Hall–Kier alpha value is 0.220. The zero-order valence-electron chi connectivity index (χ0n) is 7.94. The summed E-state index contributed by atoms with van der Waals surface area (Å²) in [6.45, 7) is 0. The van der Waals surface area contributed by atoms with Crippen LogP contribution in [0.2, 0.25) is 0 Å². The molecule has 0 amide bonds. The van der Waals surface area contributed by atoms with Crippen LogP contribution >= 0.6 is 15.9 Å². The van der Waals surface area contributed by atoms with Crippen LogP contribution in [-0.4, -0.2) is 13.7 Å². The molecule has 0 radical (unpaired) electrons. The zero-order valence-corrected chi connectivity index (χ0v) is 12.3. The summed E-state index contributed by atoms with van der Waals surface area (Å²) in [5.74, 6) is 0. The van der Waals surface area contributed by atoms with Crippen molar-refractivity contribution in [2.75, 3.05) is 0 Å². The molecule has 1 aromatic heterocycles. The van der Waals surface area contributed by atoms with Gasteiger partial charge in [-0.05, 0) is 33.1 Å². The van der Waals surface area contributed by atoms with Gasteiger partial charge in [-0.1, -0.05) is 12.1 Å². The van der Waals surface area contributed by atoms with E-state index in [0.717, 1.165) is 5.39 Å². The van der Waals surface area contributed by atoms with Gasteiger partial charge >= 0.3 is 29.6 Å². The van der Waals surface area contributed by atoms with E-state index in [4.69, 9.17) is 0 Å². The molecule has 2 rings (SSSR count). The normalized spacial score (nSPS) is 12.1. The number of hydrogen-bond donors (Lipinski definition) is 0. The van der Waals surface area contributed by atoms with E-state index in [1.807, 2.05) is 6.07 Å². The van der Waals surface area contributed by atoms with Crippen molar-refractivity contribution in [3.8, 4) is 0 Å². The maximum atomic E-state index is 10.9. The molecule has 1 atom stereocenters. The van der Waals surface area contributed by atoms with Crippen molar-refractivity contribution >= 4 is 37.8 Å². The number of aromatic nitrogens is 1. The molecule has 1 heterocycles. The molecule has 1 unspecified atom stereocenters. The van der Waals surface area contributed by atoms with Crippen LogP contribution in [0.5, 0.6) is 0 Å². The fraction of sp³-hybridized carbons (Fsp3) is 0. The Morgan fingerprint density at radius 2 is 2.07 bits per heavy atom. The van der Waals surface area contributed by atoms with Crippen molar-refractivity contribution in [2.24, 2.45) is 0 Å². The first kappa shape index (κ1) is 13.3. The van der Waals surface area contributed by atoms with E-state index in [0.29, 0.717) is 9.86 Å². The van der Waals surface area contributed by atoms with Crippen molar-refractivity contribution in [3.63, 3.8) is 0 Å². The molecule has 6 heteroatoms. The van der Waals surface area contributed by atoms with E-state index in [1.165, 1.54) is 0 Å². The van der Waals surface area contributed by atoms with Gasteiger partial charge in [0.2, 0.25) is 0 Å². The number of benzene rings is 1. The van der Waals surface area contributed by atoms with Crippen molar-refractivity contribution in [1.82, 2.24) is 4.98 Å². The van der Waals surface area contributed by atoms with Gasteiger partial charge in [-0.2, -0.15) is 0 Å². The van der Waals surface area contributed by atoms with Gasteiger partial charge < -0.3 is 4.55 Å². The third-order valence-electron chi connectivity index (χ3n) is 1.88. The van der Waals surface area contributed by atoms with E-state index in [2.05, 4.69) is 20.9 Å². The van der Waals surface area contributed by atoms with Crippen molar-refractivity contribution < 1.29 is 38.3 Å². The molecule has 0 saturated heterocycles. The molecule has 72 valence electrons. The molecule has 0 aliphatic heterocycles. The number of rotatable bonds is 1. The SMILES string of the molecule is O=S([O-])c1cccc2cncc(Br)c12.[Na+]. The summed E-state index contributed by atoms with van der Waals surface area (Å²) in [6, 6.07) is 5.08. The molecule has 2 aromatic rings. The number of hydrogen-bond acceptors (Lipinski definition) is 3. The third-order valence-corrected chi connectivity index (χ3v) is 3.18. The second kappa shape index (κ2) is 5.52. The largest absolute Gasteiger partial charge is 1.00 e. The van der Waals surface area contributed by atoms with Crippen LogP contribution < -0.4 is 29.6 Å². The fourth-order valence-electron chi connectivity index (χ4n) is 1.30. The van der Waals surface area contributed by atoms with Gasteiger partial charge in [0, 0.05) is 32.5 Å². The zero-order chi connectivity index (χ0) is 10.1. The topological polar surface area (TPSA) is 53.0 Å². The smallest absolute Gasteiger partial charge is 0.768 e. The van der Waals surface area contributed by atoms with Crippen LogP contribution in [0.4, 0.5) is 0 Å². The molecule has 0 fully saturated rings. The molecule has 0 aliphatic rings. The van der Waals surface area contributed by atoms with Crippen molar-refractivity contribution in [1.29, 1.82) is 0 Å². The molecule has 0 bridgehead atoms. The molecule has 0 spiro atoms. The monoisotopic (exact) mass is 293 g/mol. The number of nitrogens with zero attached hydrogens (tertiary/aromatic N) is 1. The van der Waals surface area contributed by atoms with Crippen LogP contribution in [0.15, 0.2) is 40.0 Å². The minimum atomic E-state index is -2.22. The number of halogens is 1. The Morgan fingerprint density at radius 1 is 1.33 bits per heavy atom. The molecule has 0 N–H and O–H groups in total. The molecule has 3 nitrogen and oxygen atoms in total. The molecular weight excluding hydrogens is 289 g/mol. The van der Waals surface area contributed by atoms with E-state index < -0.39 is 11.1 Å². The predicted molar refractivity (Wildman–Crippen MR) is 56.6 cm³/mol. The van der Waals surface area contributed by atoms with E-state index in [9.17, 15) is 8.76 Å². The molecular formula is C9H5BrNNaO2S. The van der Waals surface area contributed by atoms with Crippen LogP contribution in [0.3, 0.4) is 0 Å². The Bertz CT molecular complexity index is 515. The summed E-state index contributed by atoms with van der Waals surface area (Å²) in [7, 11) is 0. The average Bonchev–Trinajstić information content (AvgIpc) is 2.17. The predicted octanol–water partition coefficient (Wildman–Crippen LogP) is -0.761. The molecule has 0 aliphatic carbocycles. The quantitative estimate of drug-likeness (QED) is 0.513. The van der Waals surface area contributed by atoms with Crippen molar-refractivity contribution in [3.05, 3.63) is 35.1 Å². The van der Waals surface area contributed by atoms with Crippen LogP contribution in [0.25, 0.3) is 10.8 Å². The number of fused-ring (bicyclic) bond motifs is 1. The first-order chi connectivity index (χ1) is 6.70. The fourth-order valence-corrected chi connectivity index (χ4v) is 2.57. The summed E-state index contributed by atoms with van der Waals surface area (Å²) in [6.07, 6.45) is 3.22. The molecule has 15 heavy (non-hydrogen) atoms. The number of pyridine rings is 1. The summed E-state index contributed by atoms with van der Waals surface area (Å²) in [5, 5.41) is 1.48. The average molecular weight is 294 g/mol. The van der Waals surface area contributed by atoms with Crippen molar-refractivity contribution in [2.45, 2.75) is 4.90 Å². The molecule has 0 saturated carbocycles. The van der Waals surface area contributed by atoms with Gasteiger partial charge in [-0.25, -0.2) is 0 Å². The van der Waals surface area contributed by atoms with Gasteiger partial charge in [0.1, 0.15) is 0 Å². The van der Waals surface area contributed by atoms with E-state index in [-0.39, 0.29) is 34.5 Å². The summed E-state index contributed by atoms with van der Waals surface area (Å²) < 4.78 is 22.5. The van der Waals surface area contributed by atoms with Gasteiger partial charge in [-0.3, -0.25) is 9.19 Å². The standard InChI is InChI=1S/C9H6BrNO2S.Na/c10-7-5-11-4-6-2-1-3-8(9(6)7)14(12)13;/h1-5H,(H,12,13);/q;+1/p-1. The van der Waals surface area contributed by atoms with E-state index >= 15 is 0 Å². The maximum absolute atomic E-state index is 10.9. The van der Waals surface area contributed by atoms with Crippen LogP contribution in [0, 0.1) is 0 Å². The summed E-state index contributed by atoms with van der Waals surface area (Å²) in [5.41, 5.74) is 0. The maximum Gasteiger partial charge on any atom is 1.00 e. The minimum absolute atomic E-state index is 0. The first-order valence-electron chi connectivity index (χ1n) is 3.81. The Kier molecular flexibility index (Phi) is 4.89. The summed E-state index contributed by atoms with van der Waals surface area (Å²) in [4.78, 5) is 4.25.